The average molecular weight is 313 g/mol. The molecule has 0 atom stereocenters. The highest BCUT2D eigenvalue weighted by Gasteiger charge is 2.06. The molecule has 0 saturated heterocycles. The molecule has 2 aromatic rings. The quantitative estimate of drug-likeness (QED) is 0.737. The second-order valence-electron chi connectivity index (χ2n) is 3.92. The molecule has 0 spiro atoms. The summed E-state index contributed by atoms with van der Waals surface area (Å²) < 4.78 is 16.1. The summed E-state index contributed by atoms with van der Waals surface area (Å²) >= 11 is 12.0. The van der Waals surface area contributed by atoms with Crippen LogP contribution in [0, 0.1) is 0 Å². The van der Waals surface area contributed by atoms with Crippen LogP contribution in [0.1, 0.15) is 0 Å². The fourth-order valence-corrected chi connectivity index (χ4v) is 2.10. The van der Waals surface area contributed by atoms with Crippen molar-refractivity contribution < 1.29 is 14.2 Å². The molecule has 0 radical (unpaired) electrons. The van der Waals surface area contributed by atoms with Crippen LogP contribution in [0.4, 0.5) is 0 Å². The normalized spacial score (nSPS) is 10.2. The van der Waals surface area contributed by atoms with Crippen molar-refractivity contribution in [3.63, 3.8) is 0 Å². The van der Waals surface area contributed by atoms with Crippen LogP contribution in [0.15, 0.2) is 42.5 Å². The zero-order valence-corrected chi connectivity index (χ0v) is 12.4. The Morgan fingerprint density at radius 1 is 0.800 bits per heavy atom. The fourth-order valence-electron chi connectivity index (χ4n) is 1.60. The van der Waals surface area contributed by atoms with Crippen molar-refractivity contribution >= 4 is 23.2 Å². The van der Waals surface area contributed by atoms with Crippen molar-refractivity contribution in [3.8, 4) is 17.2 Å². The first-order valence-electron chi connectivity index (χ1n) is 6.04. The summed E-state index contributed by atoms with van der Waals surface area (Å²) in [5.41, 5.74) is 0. The lowest BCUT2D eigenvalue weighted by Gasteiger charge is -2.11. The molecule has 5 heteroatoms. The molecule has 0 amide bonds. The predicted octanol–water partition coefficient (Wildman–Crippen LogP) is 4.46. The van der Waals surface area contributed by atoms with Crippen molar-refractivity contribution in [2.75, 3.05) is 20.3 Å². The Balaban J connectivity index is 1.81. The van der Waals surface area contributed by atoms with Crippen molar-refractivity contribution in [2.24, 2.45) is 0 Å². The monoisotopic (exact) mass is 312 g/mol. The third-order valence-corrected chi connectivity index (χ3v) is 3.17. The summed E-state index contributed by atoms with van der Waals surface area (Å²) in [6.07, 6.45) is 0. The van der Waals surface area contributed by atoms with Gasteiger partial charge < -0.3 is 14.2 Å². The molecule has 0 aliphatic heterocycles. The summed E-state index contributed by atoms with van der Waals surface area (Å²) in [5, 5.41) is 0.976. The Hall–Kier alpha value is -1.58. The highest BCUT2D eigenvalue weighted by molar-refractivity contribution is 6.37. The number of hydrogen-bond donors (Lipinski definition) is 0. The molecular formula is C15H14Cl2O3. The number of rotatable bonds is 6. The molecule has 20 heavy (non-hydrogen) atoms. The van der Waals surface area contributed by atoms with Gasteiger partial charge >= 0.3 is 0 Å². The topological polar surface area (TPSA) is 27.7 Å². The first-order valence-corrected chi connectivity index (χ1v) is 6.80. The Labute approximate surface area is 128 Å². The van der Waals surface area contributed by atoms with E-state index in [1.807, 2.05) is 24.3 Å². The van der Waals surface area contributed by atoms with Crippen molar-refractivity contribution in [2.45, 2.75) is 0 Å². The van der Waals surface area contributed by atoms with Gasteiger partial charge in [-0.25, -0.2) is 0 Å². The zero-order valence-electron chi connectivity index (χ0n) is 10.9. The van der Waals surface area contributed by atoms with E-state index in [-0.39, 0.29) is 0 Å². The van der Waals surface area contributed by atoms with Crippen LogP contribution < -0.4 is 14.2 Å². The highest BCUT2D eigenvalue weighted by atomic mass is 35.5. The summed E-state index contributed by atoms with van der Waals surface area (Å²) in [5.74, 6) is 2.02. The molecule has 0 aromatic heterocycles. The van der Waals surface area contributed by atoms with Crippen LogP contribution in [0.2, 0.25) is 10.0 Å². The van der Waals surface area contributed by atoms with Gasteiger partial charge in [0.05, 0.1) is 17.2 Å². The van der Waals surface area contributed by atoms with Gasteiger partial charge in [-0.15, -0.1) is 0 Å². The van der Waals surface area contributed by atoms with Crippen LogP contribution >= 0.6 is 23.2 Å². The molecular weight excluding hydrogens is 299 g/mol. The first kappa shape index (κ1) is 14.8. The van der Waals surface area contributed by atoms with E-state index in [0.717, 1.165) is 11.5 Å². The van der Waals surface area contributed by atoms with Crippen LogP contribution in [-0.4, -0.2) is 20.3 Å². The molecule has 0 aliphatic carbocycles. The molecule has 2 rings (SSSR count). The van der Waals surface area contributed by atoms with Gasteiger partial charge in [0, 0.05) is 0 Å². The van der Waals surface area contributed by atoms with Gasteiger partial charge in [0.15, 0.2) is 5.75 Å². The lowest BCUT2D eigenvalue weighted by Crippen LogP contribution is -2.09. The minimum absolute atomic E-state index is 0.357. The Bertz CT molecular complexity index is 535. The number of halogens is 2. The fraction of sp³-hybridized carbons (Fsp3) is 0.200. The van der Waals surface area contributed by atoms with E-state index >= 15 is 0 Å². The Morgan fingerprint density at radius 2 is 1.35 bits per heavy atom. The zero-order chi connectivity index (χ0) is 14.4. The number of ether oxygens (including phenoxy) is 3. The van der Waals surface area contributed by atoms with E-state index in [1.165, 1.54) is 0 Å². The van der Waals surface area contributed by atoms with E-state index in [2.05, 4.69) is 0 Å². The number of para-hydroxylation sites is 1. The summed E-state index contributed by atoms with van der Waals surface area (Å²) in [4.78, 5) is 0. The largest absolute Gasteiger partial charge is 0.497 e. The second kappa shape index (κ2) is 7.27. The van der Waals surface area contributed by atoms with E-state index in [9.17, 15) is 0 Å². The van der Waals surface area contributed by atoms with E-state index in [0.29, 0.717) is 29.0 Å². The van der Waals surface area contributed by atoms with Crippen molar-refractivity contribution in [3.05, 3.63) is 52.5 Å². The van der Waals surface area contributed by atoms with Gasteiger partial charge in [0.1, 0.15) is 24.7 Å². The van der Waals surface area contributed by atoms with Gasteiger partial charge in [0.2, 0.25) is 0 Å². The van der Waals surface area contributed by atoms with Gasteiger partial charge in [-0.05, 0) is 36.4 Å². The van der Waals surface area contributed by atoms with Crippen LogP contribution in [0.5, 0.6) is 17.2 Å². The third-order valence-electron chi connectivity index (χ3n) is 2.58. The Morgan fingerprint density at radius 3 is 1.95 bits per heavy atom. The van der Waals surface area contributed by atoms with E-state index in [4.69, 9.17) is 37.4 Å². The van der Waals surface area contributed by atoms with Gasteiger partial charge in [-0.2, -0.15) is 0 Å². The van der Waals surface area contributed by atoms with Crippen LogP contribution in [0.3, 0.4) is 0 Å². The summed E-state index contributed by atoms with van der Waals surface area (Å²) in [6.45, 7) is 0.753. The first-order chi connectivity index (χ1) is 9.70. The number of benzene rings is 2. The second-order valence-corrected chi connectivity index (χ2v) is 4.74. The van der Waals surface area contributed by atoms with Gasteiger partial charge in [0.25, 0.3) is 0 Å². The molecule has 0 fully saturated rings. The lowest BCUT2D eigenvalue weighted by molar-refractivity contribution is 0.217. The minimum Gasteiger partial charge on any atom is -0.497 e. The maximum Gasteiger partial charge on any atom is 0.156 e. The molecule has 0 unspecified atom stereocenters. The molecule has 0 N–H and O–H groups in total. The van der Waals surface area contributed by atoms with Gasteiger partial charge in [-0.1, -0.05) is 29.3 Å². The molecule has 3 nitrogen and oxygen atoms in total. The maximum atomic E-state index is 5.99. The predicted molar refractivity (Wildman–Crippen MR) is 80.4 cm³/mol. The molecule has 2 aromatic carbocycles. The van der Waals surface area contributed by atoms with Crippen LogP contribution in [-0.2, 0) is 0 Å². The Kier molecular flexibility index (Phi) is 5.39. The average Bonchev–Trinajstić information content (AvgIpc) is 2.46. The van der Waals surface area contributed by atoms with Crippen molar-refractivity contribution in [1.82, 2.24) is 0 Å². The molecule has 0 aliphatic rings. The van der Waals surface area contributed by atoms with Crippen LogP contribution in [0.25, 0.3) is 0 Å². The lowest BCUT2D eigenvalue weighted by atomic mass is 10.3. The summed E-state index contributed by atoms with van der Waals surface area (Å²) in [6, 6.07) is 12.6. The highest BCUT2D eigenvalue weighted by Crippen LogP contribution is 2.32. The smallest absolute Gasteiger partial charge is 0.156 e. The molecule has 106 valence electrons. The molecule has 0 saturated carbocycles. The molecule has 0 heterocycles. The number of hydrogen-bond acceptors (Lipinski definition) is 3. The minimum atomic E-state index is 0.357. The van der Waals surface area contributed by atoms with Gasteiger partial charge in [-0.3, -0.25) is 0 Å². The SMILES string of the molecule is COc1ccc(OCCOc2c(Cl)cccc2Cl)cc1. The molecule has 0 bridgehead atoms. The van der Waals surface area contributed by atoms with Crippen molar-refractivity contribution in [1.29, 1.82) is 0 Å². The number of methoxy groups -OCH3 is 1. The van der Waals surface area contributed by atoms with E-state index in [1.54, 1.807) is 25.3 Å². The van der Waals surface area contributed by atoms with E-state index < -0.39 is 0 Å². The summed E-state index contributed by atoms with van der Waals surface area (Å²) in [7, 11) is 1.62. The standard InChI is InChI=1S/C15H14Cl2O3/c1-18-11-5-7-12(8-6-11)19-9-10-20-15-13(16)3-2-4-14(15)17/h2-8H,9-10H2,1H3. The third kappa shape index (κ3) is 3.95. The maximum absolute atomic E-state index is 5.99.